The van der Waals surface area contributed by atoms with E-state index >= 15 is 0 Å². The number of fused-ring (bicyclic) bond motifs is 1. The molecule has 0 spiro atoms. The molecule has 2 aromatic carbocycles. The number of nitrogens with zero attached hydrogens (tertiary/aromatic N) is 2. The zero-order valence-electron chi connectivity index (χ0n) is 16.7. The van der Waals surface area contributed by atoms with Gasteiger partial charge in [-0.15, -0.1) is 6.58 Å². The van der Waals surface area contributed by atoms with E-state index in [2.05, 4.69) is 18.7 Å². The molecular weight excluding hydrogens is 360 g/mol. The van der Waals surface area contributed by atoms with E-state index in [0.29, 0.717) is 24.2 Å². The average Bonchev–Trinajstić information content (AvgIpc) is 2.77. The van der Waals surface area contributed by atoms with Gasteiger partial charge in [-0.2, -0.15) is 5.26 Å². The van der Waals surface area contributed by atoms with E-state index in [9.17, 15) is 9.59 Å². The number of aryl methyl sites for hydroxylation is 2. The highest BCUT2D eigenvalue weighted by molar-refractivity contribution is 5.98. The van der Waals surface area contributed by atoms with Gasteiger partial charge in [0, 0.05) is 31.5 Å². The van der Waals surface area contributed by atoms with Crippen molar-refractivity contribution >= 4 is 11.7 Å². The smallest absolute Gasteiger partial charge is 0.223 e. The van der Waals surface area contributed by atoms with Gasteiger partial charge in [-0.25, -0.2) is 0 Å². The Labute approximate surface area is 172 Å². The van der Waals surface area contributed by atoms with Crippen LogP contribution in [0.3, 0.4) is 0 Å². The number of carbonyl (C=O) groups excluding carboxylic acids is 2. The van der Waals surface area contributed by atoms with Gasteiger partial charge in [0.05, 0.1) is 11.6 Å². The first-order chi connectivity index (χ1) is 14.1. The molecule has 1 aliphatic carbocycles. The van der Waals surface area contributed by atoms with Gasteiger partial charge < -0.3 is 4.90 Å². The van der Waals surface area contributed by atoms with Crippen molar-refractivity contribution in [1.29, 1.82) is 5.26 Å². The maximum absolute atomic E-state index is 12.7. The van der Waals surface area contributed by atoms with Crippen LogP contribution in [0.2, 0.25) is 0 Å². The minimum absolute atomic E-state index is 0.0173. The van der Waals surface area contributed by atoms with E-state index in [1.54, 1.807) is 23.1 Å². The molecule has 0 bridgehead atoms. The molecule has 0 aromatic heterocycles. The molecule has 0 atom stereocenters. The Bertz CT molecular complexity index is 938. The van der Waals surface area contributed by atoms with Crippen LogP contribution in [-0.2, 0) is 24.2 Å². The molecule has 0 unspecified atom stereocenters. The number of hydrogen-bond acceptors (Lipinski definition) is 3. The predicted octanol–water partition coefficient (Wildman–Crippen LogP) is 4.61. The number of benzene rings is 2. The topological polar surface area (TPSA) is 61.2 Å². The van der Waals surface area contributed by atoms with Crippen molar-refractivity contribution in [2.24, 2.45) is 0 Å². The lowest BCUT2D eigenvalue weighted by Gasteiger charge is -2.21. The van der Waals surface area contributed by atoms with E-state index in [4.69, 9.17) is 5.26 Å². The fourth-order valence-corrected chi connectivity index (χ4v) is 3.75. The number of hydrogen-bond donors (Lipinski definition) is 0. The van der Waals surface area contributed by atoms with E-state index in [0.717, 1.165) is 18.4 Å². The molecule has 0 saturated heterocycles. The van der Waals surface area contributed by atoms with Crippen molar-refractivity contribution in [2.45, 2.75) is 45.1 Å². The molecule has 0 heterocycles. The third-order valence-corrected chi connectivity index (χ3v) is 5.40. The largest absolute Gasteiger partial charge is 0.335 e. The minimum Gasteiger partial charge on any atom is -0.335 e. The first-order valence-corrected chi connectivity index (χ1v) is 10.1. The summed E-state index contributed by atoms with van der Waals surface area (Å²) < 4.78 is 0. The van der Waals surface area contributed by atoms with Crippen molar-refractivity contribution in [3.05, 3.63) is 82.9 Å². The summed E-state index contributed by atoms with van der Waals surface area (Å²) in [7, 11) is 0. The standard InChI is InChI=1S/C25H26N2O2/c1-2-15-27(18-20-9-7-19(17-26)8-10-20)25(29)14-13-24(28)23-12-11-21-5-3-4-6-22(21)16-23/h2,7-12,16H,1,3-6,13-15,18H2. The third-order valence-electron chi connectivity index (χ3n) is 5.40. The molecule has 2 aromatic rings. The summed E-state index contributed by atoms with van der Waals surface area (Å²) >= 11 is 0. The maximum atomic E-state index is 12.7. The van der Waals surface area contributed by atoms with Crippen molar-refractivity contribution in [2.75, 3.05) is 6.54 Å². The van der Waals surface area contributed by atoms with Crippen LogP contribution in [0.4, 0.5) is 0 Å². The van der Waals surface area contributed by atoms with Crippen molar-refractivity contribution in [1.82, 2.24) is 4.90 Å². The van der Waals surface area contributed by atoms with Crippen LogP contribution < -0.4 is 0 Å². The van der Waals surface area contributed by atoms with Gasteiger partial charge in [0.1, 0.15) is 0 Å². The van der Waals surface area contributed by atoms with Crippen molar-refractivity contribution in [3.63, 3.8) is 0 Å². The Balaban J connectivity index is 1.59. The molecule has 4 nitrogen and oxygen atoms in total. The van der Waals surface area contributed by atoms with Crippen LogP contribution in [0.25, 0.3) is 0 Å². The van der Waals surface area contributed by atoms with Gasteiger partial charge in [0.2, 0.25) is 5.91 Å². The summed E-state index contributed by atoms with van der Waals surface area (Å²) in [5.41, 5.74) is 4.87. The van der Waals surface area contributed by atoms with Crippen LogP contribution in [0.15, 0.2) is 55.1 Å². The van der Waals surface area contributed by atoms with Crippen LogP contribution in [0.5, 0.6) is 0 Å². The van der Waals surface area contributed by atoms with Crippen LogP contribution in [-0.4, -0.2) is 23.1 Å². The van der Waals surface area contributed by atoms with E-state index < -0.39 is 0 Å². The minimum atomic E-state index is -0.0689. The Hall–Kier alpha value is -3.19. The third kappa shape index (κ3) is 5.42. The van der Waals surface area contributed by atoms with Crippen LogP contribution in [0, 0.1) is 11.3 Å². The second-order valence-electron chi connectivity index (χ2n) is 7.49. The summed E-state index contributed by atoms with van der Waals surface area (Å²) in [6, 6.07) is 15.2. The number of carbonyl (C=O) groups is 2. The van der Waals surface area contributed by atoms with Crippen LogP contribution in [0.1, 0.15) is 58.3 Å². The van der Waals surface area contributed by atoms with Crippen LogP contribution >= 0.6 is 0 Å². The maximum Gasteiger partial charge on any atom is 0.223 e. The molecular formula is C25H26N2O2. The fraction of sp³-hybridized carbons (Fsp3) is 0.320. The average molecular weight is 386 g/mol. The van der Waals surface area contributed by atoms with Crippen molar-refractivity contribution < 1.29 is 9.59 Å². The molecule has 29 heavy (non-hydrogen) atoms. The lowest BCUT2D eigenvalue weighted by molar-refractivity contribution is -0.131. The summed E-state index contributed by atoms with van der Waals surface area (Å²) in [6.45, 7) is 4.59. The SMILES string of the molecule is C=CCN(Cc1ccc(C#N)cc1)C(=O)CCC(=O)c1ccc2c(c1)CCCC2. The van der Waals surface area contributed by atoms with E-state index in [1.807, 2.05) is 24.3 Å². The molecule has 1 amide bonds. The highest BCUT2D eigenvalue weighted by atomic mass is 16.2. The number of Topliss-reactive ketones (excluding diaryl/α,β-unsaturated/α-hetero) is 1. The Morgan fingerprint density at radius 2 is 1.76 bits per heavy atom. The molecule has 0 N–H and O–H groups in total. The molecule has 4 heteroatoms. The summed E-state index contributed by atoms with van der Waals surface area (Å²) in [6.07, 6.45) is 6.59. The number of ketones is 1. The predicted molar refractivity (Wildman–Crippen MR) is 113 cm³/mol. The zero-order valence-corrected chi connectivity index (χ0v) is 16.7. The summed E-state index contributed by atoms with van der Waals surface area (Å²) in [4.78, 5) is 27.0. The molecule has 0 radical (unpaired) electrons. The van der Waals surface area contributed by atoms with Gasteiger partial charge in [-0.05, 0) is 60.6 Å². The van der Waals surface area contributed by atoms with Gasteiger partial charge in [-0.1, -0.05) is 30.3 Å². The molecule has 3 rings (SSSR count). The van der Waals surface area contributed by atoms with E-state index in [1.165, 1.54) is 24.0 Å². The Kier molecular flexibility index (Phi) is 6.97. The number of amides is 1. The quantitative estimate of drug-likeness (QED) is 0.491. The fourth-order valence-electron chi connectivity index (χ4n) is 3.75. The summed E-state index contributed by atoms with van der Waals surface area (Å²) in [5.74, 6) is -0.0516. The zero-order chi connectivity index (χ0) is 20.6. The monoisotopic (exact) mass is 386 g/mol. The molecule has 0 aliphatic heterocycles. The Morgan fingerprint density at radius 1 is 1.03 bits per heavy atom. The first-order valence-electron chi connectivity index (χ1n) is 10.1. The van der Waals surface area contributed by atoms with Gasteiger partial charge in [0.15, 0.2) is 5.78 Å². The lowest BCUT2D eigenvalue weighted by Crippen LogP contribution is -2.31. The van der Waals surface area contributed by atoms with E-state index in [-0.39, 0.29) is 24.5 Å². The highest BCUT2D eigenvalue weighted by Crippen LogP contribution is 2.23. The number of nitriles is 1. The van der Waals surface area contributed by atoms with Gasteiger partial charge in [0.25, 0.3) is 0 Å². The number of rotatable bonds is 8. The molecule has 0 fully saturated rings. The van der Waals surface area contributed by atoms with Gasteiger partial charge in [-0.3, -0.25) is 9.59 Å². The normalized spacial score (nSPS) is 12.5. The highest BCUT2D eigenvalue weighted by Gasteiger charge is 2.17. The second kappa shape index (κ2) is 9.84. The summed E-state index contributed by atoms with van der Waals surface area (Å²) in [5, 5.41) is 8.90. The molecule has 0 saturated carbocycles. The second-order valence-corrected chi connectivity index (χ2v) is 7.49. The Morgan fingerprint density at radius 3 is 2.45 bits per heavy atom. The van der Waals surface area contributed by atoms with Crippen molar-refractivity contribution in [3.8, 4) is 6.07 Å². The lowest BCUT2D eigenvalue weighted by atomic mass is 9.89. The molecule has 1 aliphatic rings. The van der Waals surface area contributed by atoms with Gasteiger partial charge >= 0.3 is 0 Å². The molecule has 148 valence electrons. The first kappa shape index (κ1) is 20.5.